The fourth-order valence-corrected chi connectivity index (χ4v) is 3.21. The normalized spacial score (nSPS) is 12.1. The Bertz CT molecular complexity index is 344. The fraction of sp³-hybridized carbons (Fsp3) is 0.909. The first kappa shape index (κ1) is 24.9. The maximum Gasteiger partial charge on any atom is 0.325 e. The van der Waals surface area contributed by atoms with Crippen LogP contribution < -0.4 is 5.32 Å². The summed E-state index contributed by atoms with van der Waals surface area (Å²) in [6.45, 7) is 3.76. The van der Waals surface area contributed by atoms with E-state index in [1.54, 1.807) is 0 Å². The van der Waals surface area contributed by atoms with E-state index >= 15 is 0 Å². The van der Waals surface area contributed by atoms with E-state index in [1.807, 2.05) is 0 Å². The molecule has 26 heavy (non-hydrogen) atoms. The average Bonchev–Trinajstić information content (AvgIpc) is 2.61. The summed E-state index contributed by atoms with van der Waals surface area (Å²) in [5, 5.41) is 11.2. The summed E-state index contributed by atoms with van der Waals surface area (Å²) in [7, 11) is 0. The van der Waals surface area contributed by atoms with Gasteiger partial charge in [0.1, 0.15) is 6.04 Å². The summed E-state index contributed by atoms with van der Waals surface area (Å²) in [6.07, 6.45) is 21.4. The van der Waals surface area contributed by atoms with Crippen LogP contribution in [0.25, 0.3) is 0 Å². The summed E-state index contributed by atoms with van der Waals surface area (Å²) < 4.78 is 0. The van der Waals surface area contributed by atoms with Crippen LogP contribution in [0.2, 0.25) is 0 Å². The molecule has 0 aliphatic carbocycles. The molecule has 4 heteroatoms. The van der Waals surface area contributed by atoms with Crippen molar-refractivity contribution in [3.8, 4) is 0 Å². The van der Waals surface area contributed by atoms with E-state index in [-0.39, 0.29) is 5.91 Å². The Balaban J connectivity index is 3.18. The molecular formula is C22H43NO3. The van der Waals surface area contributed by atoms with E-state index in [2.05, 4.69) is 12.2 Å². The van der Waals surface area contributed by atoms with Crippen LogP contribution in [0.3, 0.4) is 0 Å². The minimum atomic E-state index is -0.981. The number of carbonyl (C=O) groups is 2. The molecule has 0 saturated heterocycles. The molecule has 0 aliphatic rings. The fourth-order valence-electron chi connectivity index (χ4n) is 3.21. The Kier molecular flexibility index (Phi) is 18.0. The molecule has 0 heterocycles. The van der Waals surface area contributed by atoms with Crippen molar-refractivity contribution in [3.63, 3.8) is 0 Å². The zero-order valence-corrected chi connectivity index (χ0v) is 17.4. The second kappa shape index (κ2) is 18.7. The molecule has 2 N–H and O–H groups in total. The van der Waals surface area contributed by atoms with E-state index in [9.17, 15) is 9.59 Å². The third kappa shape index (κ3) is 17.8. The van der Waals surface area contributed by atoms with Crippen LogP contribution >= 0.6 is 0 Å². The first-order valence-corrected chi connectivity index (χ1v) is 11.1. The molecule has 1 amide bonds. The number of nitrogens with one attached hydrogen (secondary N) is 1. The zero-order valence-electron chi connectivity index (χ0n) is 17.4. The Hall–Kier alpha value is -1.06. The average molecular weight is 370 g/mol. The lowest BCUT2D eigenvalue weighted by Crippen LogP contribution is -2.38. The largest absolute Gasteiger partial charge is 0.480 e. The van der Waals surface area contributed by atoms with Crippen molar-refractivity contribution in [1.29, 1.82) is 0 Å². The Labute approximate surface area is 161 Å². The highest BCUT2D eigenvalue weighted by Crippen LogP contribution is 2.14. The molecule has 1 atom stereocenters. The van der Waals surface area contributed by atoms with E-state index < -0.39 is 12.0 Å². The SMILES string of the molecule is CCCCCCCCCCCCCCCCCCC(=O)N[C@@H](C)C(=O)O. The Morgan fingerprint density at radius 2 is 1.04 bits per heavy atom. The molecule has 0 aromatic heterocycles. The van der Waals surface area contributed by atoms with Crippen LogP contribution in [0, 0.1) is 0 Å². The first-order valence-electron chi connectivity index (χ1n) is 11.1. The molecule has 0 aromatic carbocycles. The molecule has 154 valence electrons. The van der Waals surface area contributed by atoms with E-state index in [1.165, 1.54) is 96.8 Å². The highest BCUT2D eigenvalue weighted by Gasteiger charge is 2.12. The lowest BCUT2D eigenvalue weighted by atomic mass is 10.0. The van der Waals surface area contributed by atoms with Gasteiger partial charge in [-0.05, 0) is 13.3 Å². The molecule has 0 bridgehead atoms. The van der Waals surface area contributed by atoms with Gasteiger partial charge in [-0.25, -0.2) is 0 Å². The van der Waals surface area contributed by atoms with Crippen LogP contribution in [0.15, 0.2) is 0 Å². The van der Waals surface area contributed by atoms with Crippen molar-refractivity contribution in [2.45, 2.75) is 129 Å². The second-order valence-corrected chi connectivity index (χ2v) is 7.68. The molecule has 0 spiro atoms. The number of rotatable bonds is 19. The minimum Gasteiger partial charge on any atom is -0.480 e. The van der Waals surface area contributed by atoms with E-state index in [4.69, 9.17) is 5.11 Å². The lowest BCUT2D eigenvalue weighted by Gasteiger charge is -2.08. The van der Waals surface area contributed by atoms with Gasteiger partial charge >= 0.3 is 5.97 Å². The van der Waals surface area contributed by atoms with Crippen LogP contribution in [0.4, 0.5) is 0 Å². The van der Waals surface area contributed by atoms with Crippen molar-refractivity contribution in [1.82, 2.24) is 5.32 Å². The number of carbonyl (C=O) groups excluding carboxylic acids is 1. The summed E-state index contributed by atoms with van der Waals surface area (Å²) >= 11 is 0. The standard InChI is InChI=1S/C22H43NO3/c1-3-4-5-6-7-8-9-10-11-12-13-14-15-16-17-18-19-21(24)23-20(2)22(25)26/h20H,3-19H2,1-2H3,(H,23,24)(H,25,26)/t20-/m0/s1. The molecule has 0 fully saturated rings. The quantitative estimate of drug-likeness (QED) is 0.265. The number of hydrogen-bond acceptors (Lipinski definition) is 2. The van der Waals surface area contributed by atoms with Crippen LogP contribution in [-0.2, 0) is 9.59 Å². The summed E-state index contributed by atoms with van der Waals surface area (Å²) in [6, 6.07) is -0.788. The van der Waals surface area contributed by atoms with E-state index in [0.717, 1.165) is 12.8 Å². The number of carboxylic acids is 1. The molecule has 0 rings (SSSR count). The zero-order chi connectivity index (χ0) is 19.5. The molecule has 0 aromatic rings. The second-order valence-electron chi connectivity index (χ2n) is 7.68. The number of hydrogen-bond donors (Lipinski definition) is 2. The van der Waals surface area contributed by atoms with Crippen LogP contribution in [-0.4, -0.2) is 23.0 Å². The van der Waals surface area contributed by atoms with Crippen molar-refractivity contribution >= 4 is 11.9 Å². The molecule has 0 saturated carbocycles. The summed E-state index contributed by atoms with van der Waals surface area (Å²) in [4.78, 5) is 22.2. The van der Waals surface area contributed by atoms with Gasteiger partial charge in [-0.2, -0.15) is 0 Å². The predicted octanol–water partition coefficient (Wildman–Crippen LogP) is 6.23. The third-order valence-corrected chi connectivity index (χ3v) is 5.01. The smallest absolute Gasteiger partial charge is 0.325 e. The monoisotopic (exact) mass is 369 g/mol. The molecule has 0 aliphatic heterocycles. The maximum absolute atomic E-state index is 11.5. The van der Waals surface area contributed by atoms with Gasteiger partial charge in [-0.1, -0.05) is 103 Å². The van der Waals surface area contributed by atoms with Gasteiger partial charge in [-0.3, -0.25) is 9.59 Å². The maximum atomic E-state index is 11.5. The van der Waals surface area contributed by atoms with Gasteiger partial charge in [-0.15, -0.1) is 0 Å². The highest BCUT2D eigenvalue weighted by molar-refractivity contribution is 5.83. The molecular weight excluding hydrogens is 326 g/mol. The first-order chi connectivity index (χ1) is 12.6. The van der Waals surface area contributed by atoms with Gasteiger partial charge in [0.2, 0.25) is 5.91 Å². The number of amides is 1. The van der Waals surface area contributed by atoms with Crippen molar-refractivity contribution in [3.05, 3.63) is 0 Å². The number of unbranched alkanes of at least 4 members (excludes halogenated alkanes) is 15. The summed E-state index contributed by atoms with van der Waals surface area (Å²) in [5.41, 5.74) is 0. The van der Waals surface area contributed by atoms with Crippen LogP contribution in [0.5, 0.6) is 0 Å². The van der Waals surface area contributed by atoms with E-state index in [0.29, 0.717) is 6.42 Å². The summed E-state index contributed by atoms with van der Waals surface area (Å²) in [5.74, 6) is -1.13. The topological polar surface area (TPSA) is 66.4 Å². The third-order valence-electron chi connectivity index (χ3n) is 5.01. The highest BCUT2D eigenvalue weighted by atomic mass is 16.4. The van der Waals surface area contributed by atoms with Crippen molar-refractivity contribution in [2.24, 2.45) is 0 Å². The Morgan fingerprint density at radius 1 is 0.692 bits per heavy atom. The van der Waals surface area contributed by atoms with Gasteiger partial charge in [0.25, 0.3) is 0 Å². The van der Waals surface area contributed by atoms with Crippen molar-refractivity contribution < 1.29 is 14.7 Å². The lowest BCUT2D eigenvalue weighted by molar-refractivity contribution is -0.141. The molecule has 0 radical (unpaired) electrons. The minimum absolute atomic E-state index is 0.148. The van der Waals surface area contributed by atoms with Crippen molar-refractivity contribution in [2.75, 3.05) is 0 Å². The molecule has 4 nitrogen and oxygen atoms in total. The van der Waals surface area contributed by atoms with Gasteiger partial charge in [0.15, 0.2) is 0 Å². The predicted molar refractivity (Wildman–Crippen MR) is 109 cm³/mol. The molecule has 0 unspecified atom stereocenters. The van der Waals surface area contributed by atoms with Gasteiger partial charge < -0.3 is 10.4 Å². The van der Waals surface area contributed by atoms with Gasteiger partial charge in [0, 0.05) is 6.42 Å². The number of carboxylic acid groups (broad SMARTS) is 1. The van der Waals surface area contributed by atoms with Gasteiger partial charge in [0.05, 0.1) is 0 Å². The Morgan fingerprint density at radius 3 is 1.38 bits per heavy atom. The number of aliphatic carboxylic acids is 1. The van der Waals surface area contributed by atoms with Crippen LogP contribution in [0.1, 0.15) is 123 Å².